The van der Waals surface area contributed by atoms with E-state index in [2.05, 4.69) is 141 Å². The molecule has 1 heterocycles. The number of benzene rings is 5. The number of anilines is 8. The van der Waals surface area contributed by atoms with Crippen LogP contribution in [0.1, 0.15) is 16.7 Å². The second-order valence-electron chi connectivity index (χ2n) is 10.6. The molecule has 1 aromatic heterocycles. The highest BCUT2D eigenvalue weighted by molar-refractivity contribution is 5.84. The fourth-order valence-electron chi connectivity index (χ4n) is 5.00. The molecule has 0 atom stereocenters. The van der Waals surface area contributed by atoms with Crippen molar-refractivity contribution < 1.29 is 0 Å². The lowest BCUT2D eigenvalue weighted by Gasteiger charge is -2.25. The zero-order valence-corrected chi connectivity index (χ0v) is 25.4. The topological polar surface area (TPSA) is 90.4 Å². The molecule has 0 bridgehead atoms. The van der Waals surface area contributed by atoms with Crippen molar-refractivity contribution in [3.8, 4) is 0 Å². The third-order valence-electron chi connectivity index (χ3n) is 7.00. The number of nitrogens with one attached hydrogen (secondary N) is 3. The molecule has 3 N–H and O–H groups in total. The van der Waals surface area contributed by atoms with E-state index in [0.717, 1.165) is 50.8 Å². The van der Waals surface area contributed by atoms with Crippen molar-refractivity contribution in [1.29, 1.82) is 0 Å². The summed E-state index contributed by atoms with van der Waals surface area (Å²) in [7, 11) is 1.78. The quantitative estimate of drug-likeness (QED) is 0.137. The maximum atomic E-state index is 4.69. The van der Waals surface area contributed by atoms with Crippen LogP contribution in [0.25, 0.3) is 0 Å². The number of aliphatic imine (C=N–C) groups is 1. The Morgan fingerprint density at radius 1 is 0.556 bits per heavy atom. The van der Waals surface area contributed by atoms with Crippen molar-refractivity contribution >= 4 is 58.2 Å². The largest absolute Gasteiger partial charge is 0.357 e. The number of hydrogen-bond acceptors (Lipinski definition) is 8. The first-order valence-corrected chi connectivity index (χ1v) is 14.7. The predicted octanol–water partition coefficient (Wildman–Crippen LogP) is 9.24. The molecule has 0 amide bonds. The molecule has 5 aromatic carbocycles. The fourth-order valence-corrected chi connectivity index (χ4v) is 5.00. The maximum absolute atomic E-state index is 4.69. The Labute approximate surface area is 263 Å². The molecule has 0 aliphatic heterocycles. The molecule has 0 saturated heterocycles. The van der Waals surface area contributed by atoms with Crippen molar-refractivity contribution in [2.24, 2.45) is 4.99 Å². The molecule has 8 heteroatoms. The Balaban J connectivity index is 1.14. The highest BCUT2D eigenvalue weighted by atomic mass is 15.3. The van der Waals surface area contributed by atoms with Gasteiger partial charge in [0.05, 0.1) is 5.69 Å². The molecule has 0 radical (unpaired) electrons. The number of nitrogens with zero attached hydrogens (tertiary/aromatic N) is 5. The average molecular weight is 591 g/mol. The van der Waals surface area contributed by atoms with Gasteiger partial charge in [0.15, 0.2) is 0 Å². The van der Waals surface area contributed by atoms with Gasteiger partial charge in [0, 0.05) is 41.7 Å². The molecule has 6 rings (SSSR count). The van der Waals surface area contributed by atoms with Crippen LogP contribution in [0.5, 0.6) is 0 Å². The standard InChI is InChI=1S/C37H34N8/c1-26-22-27(2)24-31(23-26)41-37-43-35(38-3)42-36(44-37)40-30-18-16-29(17-19-30)39-25-28-14-20-34(21-15-28)45(32-10-6-4-7-11-32)33-12-8-5-9-13-33/h4-25H,1-3H3,(H3,38,40,41,42,43,44). The van der Waals surface area contributed by atoms with E-state index in [9.17, 15) is 0 Å². The Morgan fingerprint density at radius 3 is 1.62 bits per heavy atom. The van der Waals surface area contributed by atoms with Gasteiger partial charge in [0.2, 0.25) is 17.8 Å². The minimum absolute atomic E-state index is 0.428. The minimum atomic E-state index is 0.428. The van der Waals surface area contributed by atoms with Crippen LogP contribution in [0.15, 0.2) is 132 Å². The van der Waals surface area contributed by atoms with Crippen LogP contribution in [-0.4, -0.2) is 28.2 Å². The van der Waals surface area contributed by atoms with Gasteiger partial charge in [-0.1, -0.05) is 54.6 Å². The Hall–Kier alpha value is -6.02. The monoisotopic (exact) mass is 590 g/mol. The lowest BCUT2D eigenvalue weighted by Crippen LogP contribution is -2.09. The van der Waals surface area contributed by atoms with E-state index >= 15 is 0 Å². The number of aryl methyl sites for hydroxylation is 2. The number of para-hydroxylation sites is 2. The summed E-state index contributed by atoms with van der Waals surface area (Å²) in [5, 5.41) is 9.57. The van der Waals surface area contributed by atoms with Crippen molar-refractivity contribution in [2.45, 2.75) is 13.8 Å². The molecule has 0 fully saturated rings. The second kappa shape index (κ2) is 13.5. The summed E-state index contributed by atoms with van der Waals surface area (Å²) in [6, 6.07) is 43.2. The van der Waals surface area contributed by atoms with E-state index in [0.29, 0.717) is 17.8 Å². The molecule has 6 aromatic rings. The Kier molecular flexibility index (Phi) is 8.73. The lowest BCUT2D eigenvalue weighted by atomic mass is 10.1. The highest BCUT2D eigenvalue weighted by Gasteiger charge is 2.11. The summed E-state index contributed by atoms with van der Waals surface area (Å²) in [6.07, 6.45) is 1.87. The molecule has 0 spiro atoms. The SMILES string of the molecule is CNc1nc(Nc2ccc(N=Cc3ccc(N(c4ccccc4)c4ccccc4)cc3)cc2)nc(Nc2cc(C)cc(C)c2)n1. The van der Waals surface area contributed by atoms with E-state index in [-0.39, 0.29) is 0 Å². The summed E-state index contributed by atoms with van der Waals surface area (Å²) >= 11 is 0. The number of aromatic nitrogens is 3. The van der Waals surface area contributed by atoms with Crippen LogP contribution in [0.2, 0.25) is 0 Å². The molecule has 0 aliphatic rings. The molecule has 0 saturated carbocycles. The molecule has 222 valence electrons. The van der Waals surface area contributed by atoms with E-state index in [4.69, 9.17) is 4.99 Å². The van der Waals surface area contributed by atoms with Crippen molar-refractivity contribution in [2.75, 3.05) is 27.9 Å². The van der Waals surface area contributed by atoms with Crippen LogP contribution >= 0.6 is 0 Å². The first-order valence-electron chi connectivity index (χ1n) is 14.7. The van der Waals surface area contributed by atoms with E-state index in [1.165, 1.54) is 0 Å². The average Bonchev–Trinajstić information content (AvgIpc) is 3.05. The first-order chi connectivity index (χ1) is 22.0. The third-order valence-corrected chi connectivity index (χ3v) is 7.00. The van der Waals surface area contributed by atoms with Gasteiger partial charge >= 0.3 is 0 Å². The van der Waals surface area contributed by atoms with Crippen LogP contribution in [-0.2, 0) is 0 Å². The summed E-state index contributed by atoms with van der Waals surface area (Å²) in [6.45, 7) is 4.13. The molecular formula is C37H34N8. The Morgan fingerprint density at radius 2 is 1.07 bits per heavy atom. The Bertz CT molecular complexity index is 1830. The molecule has 45 heavy (non-hydrogen) atoms. The molecular weight excluding hydrogens is 556 g/mol. The lowest BCUT2D eigenvalue weighted by molar-refractivity contribution is 1.06. The van der Waals surface area contributed by atoms with E-state index < -0.39 is 0 Å². The van der Waals surface area contributed by atoms with Gasteiger partial charge in [-0.05, 0) is 103 Å². The third kappa shape index (κ3) is 7.50. The van der Waals surface area contributed by atoms with Crippen LogP contribution in [0.4, 0.5) is 52.0 Å². The van der Waals surface area contributed by atoms with Gasteiger partial charge in [-0.25, -0.2) is 0 Å². The molecule has 0 unspecified atom stereocenters. The van der Waals surface area contributed by atoms with E-state index in [1.807, 2.05) is 42.6 Å². The predicted molar refractivity (Wildman–Crippen MR) is 187 cm³/mol. The molecule has 8 nitrogen and oxygen atoms in total. The van der Waals surface area contributed by atoms with Crippen LogP contribution < -0.4 is 20.9 Å². The summed E-state index contributed by atoms with van der Waals surface area (Å²) in [5.74, 6) is 1.34. The smallest absolute Gasteiger partial charge is 0.233 e. The van der Waals surface area contributed by atoms with Crippen LogP contribution in [0.3, 0.4) is 0 Å². The maximum Gasteiger partial charge on any atom is 0.233 e. The van der Waals surface area contributed by atoms with Gasteiger partial charge in [0.1, 0.15) is 0 Å². The molecule has 0 aliphatic carbocycles. The normalized spacial score (nSPS) is 10.9. The fraction of sp³-hybridized carbons (Fsp3) is 0.0811. The van der Waals surface area contributed by atoms with Gasteiger partial charge in [-0.15, -0.1) is 0 Å². The second-order valence-corrected chi connectivity index (χ2v) is 10.6. The van der Waals surface area contributed by atoms with Gasteiger partial charge in [0.25, 0.3) is 0 Å². The number of rotatable bonds is 10. The van der Waals surface area contributed by atoms with Crippen LogP contribution in [0, 0.1) is 13.8 Å². The summed E-state index contributed by atoms with van der Waals surface area (Å²) in [5.41, 5.74) is 9.22. The van der Waals surface area contributed by atoms with Gasteiger partial charge < -0.3 is 20.9 Å². The zero-order valence-electron chi connectivity index (χ0n) is 25.4. The van der Waals surface area contributed by atoms with Crippen molar-refractivity contribution in [3.05, 3.63) is 144 Å². The summed E-state index contributed by atoms with van der Waals surface area (Å²) < 4.78 is 0. The number of hydrogen-bond donors (Lipinski definition) is 3. The van der Waals surface area contributed by atoms with E-state index in [1.54, 1.807) is 7.05 Å². The highest BCUT2D eigenvalue weighted by Crippen LogP contribution is 2.34. The minimum Gasteiger partial charge on any atom is -0.357 e. The van der Waals surface area contributed by atoms with Gasteiger partial charge in [-0.2, -0.15) is 15.0 Å². The summed E-state index contributed by atoms with van der Waals surface area (Å²) in [4.78, 5) is 20.4. The van der Waals surface area contributed by atoms with Gasteiger partial charge in [-0.3, -0.25) is 4.99 Å². The van der Waals surface area contributed by atoms with Crippen molar-refractivity contribution in [3.63, 3.8) is 0 Å². The zero-order chi connectivity index (χ0) is 31.0. The van der Waals surface area contributed by atoms with Crippen molar-refractivity contribution in [1.82, 2.24) is 15.0 Å². The first kappa shape index (κ1) is 29.1.